The molecule has 0 aliphatic rings. The predicted octanol–water partition coefficient (Wildman–Crippen LogP) is 10.8. The normalized spacial score (nSPS) is 14.0. The first-order chi connectivity index (χ1) is 24.0. The smallest absolute Gasteiger partial charge is 0.462 e. The average Bonchev–Trinajstić information content (AvgIpc) is 3.06. The van der Waals surface area contributed by atoms with E-state index in [0.717, 1.165) is 57.8 Å². The summed E-state index contributed by atoms with van der Waals surface area (Å²) >= 11 is 0. The van der Waals surface area contributed by atoms with Gasteiger partial charge in [-0.15, -0.1) is 0 Å². The summed E-state index contributed by atoms with van der Waals surface area (Å²) in [4.78, 5) is 35.2. The van der Waals surface area contributed by atoms with E-state index >= 15 is 0 Å². The Morgan fingerprint density at radius 3 is 1.56 bits per heavy atom. The largest absolute Gasteiger partial charge is 0.472 e. The second-order valence-electron chi connectivity index (χ2n) is 14.7. The molecule has 2 atom stereocenters. The maximum Gasteiger partial charge on any atom is 0.472 e. The molecule has 0 aliphatic heterocycles. The van der Waals surface area contributed by atoms with Crippen molar-refractivity contribution in [3.05, 3.63) is 24.3 Å². The molecular formula is C40H77NO8P+. The molecule has 0 spiro atoms. The highest BCUT2D eigenvalue weighted by Gasteiger charge is 2.27. The topological polar surface area (TPSA) is 108 Å². The Morgan fingerprint density at radius 1 is 0.620 bits per heavy atom. The molecule has 0 radical (unpaired) electrons. The van der Waals surface area contributed by atoms with Crippen LogP contribution in [0.5, 0.6) is 0 Å². The number of carbonyl (C=O) groups is 2. The highest BCUT2D eigenvalue weighted by molar-refractivity contribution is 7.47. The fraction of sp³-hybridized carbons (Fsp3) is 0.850. The Labute approximate surface area is 307 Å². The van der Waals surface area contributed by atoms with Gasteiger partial charge in [0.1, 0.15) is 19.8 Å². The van der Waals surface area contributed by atoms with Crippen LogP contribution >= 0.6 is 7.82 Å². The Morgan fingerprint density at radius 2 is 1.06 bits per heavy atom. The number of ether oxygens (including phenoxy) is 2. The molecule has 10 heteroatoms. The number of phosphoric acid groups is 1. The van der Waals surface area contributed by atoms with E-state index in [4.69, 9.17) is 18.5 Å². The van der Waals surface area contributed by atoms with E-state index in [1.165, 1.54) is 77.0 Å². The Balaban J connectivity index is 4.42. The molecule has 0 aliphatic carbocycles. The maximum atomic E-state index is 12.6. The van der Waals surface area contributed by atoms with Crippen LogP contribution in [0.1, 0.15) is 168 Å². The summed E-state index contributed by atoms with van der Waals surface area (Å²) in [5.74, 6) is -0.815. The Bertz CT molecular complexity index is 918. The molecule has 0 aromatic rings. The van der Waals surface area contributed by atoms with E-state index in [2.05, 4.69) is 38.2 Å². The van der Waals surface area contributed by atoms with Crippen LogP contribution in [0.4, 0.5) is 0 Å². The molecule has 0 fully saturated rings. The van der Waals surface area contributed by atoms with Crippen molar-refractivity contribution >= 4 is 19.8 Å². The lowest BCUT2D eigenvalue weighted by molar-refractivity contribution is -0.870. The summed E-state index contributed by atoms with van der Waals surface area (Å²) in [5, 5.41) is 0. The fourth-order valence-electron chi connectivity index (χ4n) is 5.30. The molecule has 1 unspecified atom stereocenters. The van der Waals surface area contributed by atoms with Gasteiger partial charge in [0.2, 0.25) is 0 Å². The first-order valence-electron chi connectivity index (χ1n) is 20.1. The van der Waals surface area contributed by atoms with Gasteiger partial charge in [0.05, 0.1) is 27.7 Å². The lowest BCUT2D eigenvalue weighted by atomic mass is 10.1. The molecule has 0 aromatic heterocycles. The van der Waals surface area contributed by atoms with Crippen LogP contribution in [0, 0.1) is 0 Å². The van der Waals surface area contributed by atoms with Crippen LogP contribution < -0.4 is 0 Å². The zero-order valence-electron chi connectivity index (χ0n) is 32.9. The number of esters is 2. The molecule has 0 rings (SSSR count). The van der Waals surface area contributed by atoms with Crippen molar-refractivity contribution in [3.63, 3.8) is 0 Å². The summed E-state index contributed by atoms with van der Waals surface area (Å²) in [6.07, 6.45) is 33.6. The minimum atomic E-state index is -4.37. The van der Waals surface area contributed by atoms with Crippen LogP contribution in [0.3, 0.4) is 0 Å². The van der Waals surface area contributed by atoms with Gasteiger partial charge in [-0.05, 0) is 38.5 Å². The molecule has 9 nitrogen and oxygen atoms in total. The number of nitrogens with zero attached hydrogens (tertiary/aromatic N) is 1. The molecule has 294 valence electrons. The molecule has 0 saturated carbocycles. The summed E-state index contributed by atoms with van der Waals surface area (Å²) in [7, 11) is 1.47. The van der Waals surface area contributed by atoms with Gasteiger partial charge in [-0.2, -0.15) is 0 Å². The summed E-state index contributed by atoms with van der Waals surface area (Å²) in [5.41, 5.74) is 0. The van der Waals surface area contributed by atoms with Gasteiger partial charge in [-0.3, -0.25) is 18.6 Å². The van der Waals surface area contributed by atoms with E-state index < -0.39 is 26.5 Å². The lowest BCUT2D eigenvalue weighted by Gasteiger charge is -2.24. The van der Waals surface area contributed by atoms with E-state index in [1.54, 1.807) is 0 Å². The van der Waals surface area contributed by atoms with Crippen molar-refractivity contribution in [3.8, 4) is 0 Å². The van der Waals surface area contributed by atoms with Crippen LogP contribution in [0.2, 0.25) is 0 Å². The average molecular weight is 731 g/mol. The third-order valence-corrected chi connectivity index (χ3v) is 9.50. The van der Waals surface area contributed by atoms with Crippen molar-refractivity contribution in [2.45, 2.75) is 174 Å². The van der Waals surface area contributed by atoms with E-state index in [-0.39, 0.29) is 32.0 Å². The molecule has 0 amide bonds. The number of phosphoric ester groups is 1. The first kappa shape index (κ1) is 48.5. The van der Waals surface area contributed by atoms with Gasteiger partial charge in [0.15, 0.2) is 6.10 Å². The number of rotatable bonds is 36. The van der Waals surface area contributed by atoms with Crippen molar-refractivity contribution in [1.82, 2.24) is 0 Å². The number of hydrogen-bond acceptors (Lipinski definition) is 7. The number of carbonyl (C=O) groups excluding carboxylic acids is 2. The number of quaternary nitrogens is 1. The second kappa shape index (κ2) is 33.3. The Hall–Kier alpha value is -1.51. The van der Waals surface area contributed by atoms with Crippen molar-refractivity contribution < 1.29 is 42.1 Å². The monoisotopic (exact) mass is 731 g/mol. The maximum absolute atomic E-state index is 12.6. The zero-order chi connectivity index (χ0) is 37.2. The number of unbranched alkanes of at least 4 members (excludes halogenated alkanes) is 19. The van der Waals surface area contributed by atoms with Crippen LogP contribution in [-0.4, -0.2) is 74.9 Å². The number of allylic oxidation sites excluding steroid dienone is 4. The van der Waals surface area contributed by atoms with Gasteiger partial charge in [0, 0.05) is 12.8 Å². The van der Waals surface area contributed by atoms with E-state index in [9.17, 15) is 19.0 Å². The summed E-state index contributed by atoms with van der Waals surface area (Å²) < 4.78 is 34.2. The third kappa shape index (κ3) is 36.3. The minimum Gasteiger partial charge on any atom is -0.462 e. The zero-order valence-corrected chi connectivity index (χ0v) is 33.8. The van der Waals surface area contributed by atoms with E-state index in [1.807, 2.05) is 21.1 Å². The summed E-state index contributed by atoms with van der Waals surface area (Å²) in [6.45, 7) is 4.37. The van der Waals surface area contributed by atoms with Crippen molar-refractivity contribution in [2.24, 2.45) is 0 Å². The lowest BCUT2D eigenvalue weighted by Crippen LogP contribution is -2.37. The highest BCUT2D eigenvalue weighted by atomic mass is 31.2. The van der Waals surface area contributed by atoms with Gasteiger partial charge in [-0.25, -0.2) is 4.57 Å². The molecule has 0 bridgehead atoms. The Kier molecular flexibility index (Phi) is 32.3. The molecular weight excluding hydrogens is 653 g/mol. The number of hydrogen-bond donors (Lipinski definition) is 1. The molecule has 0 aromatic carbocycles. The van der Waals surface area contributed by atoms with Gasteiger partial charge >= 0.3 is 19.8 Å². The van der Waals surface area contributed by atoms with Gasteiger partial charge in [0.25, 0.3) is 0 Å². The third-order valence-electron chi connectivity index (χ3n) is 8.51. The molecule has 1 N–H and O–H groups in total. The van der Waals surface area contributed by atoms with Crippen molar-refractivity contribution in [2.75, 3.05) is 47.5 Å². The molecule has 0 heterocycles. The molecule has 0 saturated heterocycles. The first-order valence-corrected chi connectivity index (χ1v) is 21.6. The number of likely N-dealkylation sites (N-methyl/N-ethyl adjacent to an activating group) is 1. The van der Waals surface area contributed by atoms with Gasteiger partial charge in [-0.1, -0.05) is 141 Å². The van der Waals surface area contributed by atoms with Crippen LogP contribution in [0.15, 0.2) is 24.3 Å². The van der Waals surface area contributed by atoms with E-state index in [0.29, 0.717) is 17.4 Å². The van der Waals surface area contributed by atoms with Gasteiger partial charge < -0.3 is 18.9 Å². The fourth-order valence-corrected chi connectivity index (χ4v) is 6.04. The molecule has 50 heavy (non-hydrogen) atoms. The standard InChI is InChI=1S/C40H76NO8P/c1-6-8-10-12-14-16-18-19-20-21-23-24-26-28-30-32-39(42)46-36-38(37-48-50(44,45)47-35-34-41(3,4)5)49-40(43)33-31-29-27-25-22-17-15-13-11-9-7-2/h16,18-20,38H,6-15,17,21-37H2,1-5H3/p+1/b18-16+,20-19+/t38-/m1/s1. The summed E-state index contributed by atoms with van der Waals surface area (Å²) in [6, 6.07) is 0. The SMILES string of the molecule is CCCCCC/C=C/C=C/CCCCCCCC(=O)OC[C@H](COP(=O)(O)OCC[N+](C)(C)C)OC(=O)CCCCCCCCCCCCC. The van der Waals surface area contributed by atoms with Crippen LogP contribution in [-0.2, 0) is 32.7 Å². The minimum absolute atomic E-state index is 0.0306. The van der Waals surface area contributed by atoms with Crippen molar-refractivity contribution in [1.29, 1.82) is 0 Å². The quantitative estimate of drug-likeness (QED) is 0.0223. The highest BCUT2D eigenvalue weighted by Crippen LogP contribution is 2.43. The second-order valence-corrected chi connectivity index (χ2v) is 16.2. The van der Waals surface area contributed by atoms with Crippen LogP contribution in [0.25, 0.3) is 0 Å². The predicted molar refractivity (Wildman–Crippen MR) is 206 cm³/mol.